The summed E-state index contributed by atoms with van der Waals surface area (Å²) in [6, 6.07) is 0. The van der Waals surface area contributed by atoms with E-state index in [0.29, 0.717) is 0 Å². The molecule has 1 saturated heterocycles. The van der Waals surface area contributed by atoms with Gasteiger partial charge in [0, 0.05) is 18.0 Å². The Morgan fingerprint density at radius 2 is 2.41 bits per heavy atom. The Morgan fingerprint density at radius 1 is 1.50 bits per heavy atom. The summed E-state index contributed by atoms with van der Waals surface area (Å²) < 4.78 is 7.47. The highest BCUT2D eigenvalue weighted by atomic mass is 32.1. The lowest BCUT2D eigenvalue weighted by Crippen LogP contribution is -2.20. The number of rotatable bonds is 4. The van der Waals surface area contributed by atoms with Gasteiger partial charge in [-0.1, -0.05) is 6.92 Å². The maximum absolute atomic E-state index is 5.66. The van der Waals surface area contributed by atoms with Crippen LogP contribution in [0.1, 0.15) is 30.2 Å². The summed E-state index contributed by atoms with van der Waals surface area (Å²) in [5.41, 5.74) is 2.16. The summed E-state index contributed by atoms with van der Waals surface area (Å²) in [5, 5.41) is 8.85. The van der Waals surface area contributed by atoms with Gasteiger partial charge in [0.15, 0.2) is 5.65 Å². The van der Waals surface area contributed by atoms with Crippen molar-refractivity contribution in [3.05, 3.63) is 16.8 Å². The quantitative estimate of drug-likeness (QED) is 0.801. The fourth-order valence-electron chi connectivity index (χ4n) is 3.06. The van der Waals surface area contributed by atoms with E-state index in [9.17, 15) is 0 Å². The molecule has 7 heteroatoms. The van der Waals surface area contributed by atoms with E-state index in [4.69, 9.17) is 9.72 Å². The summed E-state index contributed by atoms with van der Waals surface area (Å²) >= 11 is 1.75. The first kappa shape index (κ1) is 13.9. The van der Waals surface area contributed by atoms with Gasteiger partial charge in [0.25, 0.3) is 0 Å². The molecule has 0 aliphatic carbocycles. The first-order valence-corrected chi connectivity index (χ1v) is 8.56. The second-order valence-corrected chi connectivity index (χ2v) is 6.71. The van der Waals surface area contributed by atoms with E-state index in [0.717, 1.165) is 54.2 Å². The van der Waals surface area contributed by atoms with E-state index >= 15 is 0 Å². The van der Waals surface area contributed by atoms with Crippen molar-refractivity contribution >= 4 is 33.1 Å². The van der Waals surface area contributed by atoms with Gasteiger partial charge in [0.05, 0.1) is 11.5 Å². The highest BCUT2D eigenvalue weighted by molar-refractivity contribution is 7.19. The molecule has 0 spiro atoms. The smallest absolute Gasteiger partial charge is 0.227 e. The molecule has 3 aromatic rings. The Bertz CT molecular complexity index is 818. The van der Waals surface area contributed by atoms with E-state index in [1.807, 2.05) is 0 Å². The number of nitrogens with zero attached hydrogens (tertiary/aromatic N) is 4. The molecule has 0 bridgehead atoms. The van der Waals surface area contributed by atoms with Crippen molar-refractivity contribution in [2.24, 2.45) is 0 Å². The molecule has 1 unspecified atom stereocenters. The van der Waals surface area contributed by atoms with Crippen molar-refractivity contribution < 1.29 is 4.74 Å². The molecule has 116 valence electrons. The Morgan fingerprint density at radius 3 is 3.18 bits per heavy atom. The summed E-state index contributed by atoms with van der Waals surface area (Å²) in [5.74, 6) is 0.749. The van der Waals surface area contributed by atoms with Crippen LogP contribution < -0.4 is 5.32 Å². The van der Waals surface area contributed by atoms with Gasteiger partial charge in [-0.05, 0) is 31.7 Å². The molecule has 1 N–H and O–H groups in total. The molecule has 1 fully saturated rings. The number of nitrogens with one attached hydrogen (secondary N) is 1. The molecule has 6 nitrogen and oxygen atoms in total. The average Bonchev–Trinajstić information content (AvgIpc) is 3.24. The van der Waals surface area contributed by atoms with Gasteiger partial charge in [0.2, 0.25) is 5.95 Å². The summed E-state index contributed by atoms with van der Waals surface area (Å²) in [6.07, 6.45) is 5.13. The van der Waals surface area contributed by atoms with E-state index in [1.54, 1.807) is 22.2 Å². The molecule has 1 atom stereocenters. The summed E-state index contributed by atoms with van der Waals surface area (Å²) in [7, 11) is 0. The molecule has 4 heterocycles. The lowest BCUT2D eigenvalue weighted by molar-refractivity contribution is 0.120. The third kappa shape index (κ3) is 2.16. The molecule has 0 aromatic carbocycles. The van der Waals surface area contributed by atoms with Gasteiger partial charge < -0.3 is 10.1 Å². The number of thiophene rings is 1. The van der Waals surface area contributed by atoms with Gasteiger partial charge in [0.1, 0.15) is 11.2 Å². The number of hydrogen-bond donors (Lipinski definition) is 1. The molecular weight excluding hydrogens is 298 g/mol. The van der Waals surface area contributed by atoms with Crippen molar-refractivity contribution in [3.63, 3.8) is 0 Å². The van der Waals surface area contributed by atoms with E-state index in [2.05, 4.69) is 29.2 Å². The van der Waals surface area contributed by atoms with Crippen molar-refractivity contribution in [2.75, 3.05) is 18.5 Å². The minimum absolute atomic E-state index is 0.271. The van der Waals surface area contributed by atoms with Crippen LogP contribution in [0.15, 0.2) is 6.33 Å². The van der Waals surface area contributed by atoms with Crippen molar-refractivity contribution in [1.29, 1.82) is 0 Å². The summed E-state index contributed by atoms with van der Waals surface area (Å²) in [6.45, 7) is 5.95. The van der Waals surface area contributed by atoms with Gasteiger partial charge >= 0.3 is 0 Å². The van der Waals surface area contributed by atoms with E-state index in [-0.39, 0.29) is 6.10 Å². The summed E-state index contributed by atoms with van der Waals surface area (Å²) in [4.78, 5) is 11.6. The van der Waals surface area contributed by atoms with Crippen LogP contribution in [0.4, 0.5) is 5.95 Å². The predicted molar refractivity (Wildman–Crippen MR) is 87.7 cm³/mol. The number of aromatic nitrogens is 4. The van der Waals surface area contributed by atoms with Crippen molar-refractivity contribution in [3.8, 4) is 0 Å². The number of hydrogen-bond acceptors (Lipinski definition) is 6. The number of ether oxygens (including phenoxy) is 1. The highest BCUT2D eigenvalue weighted by Gasteiger charge is 2.19. The van der Waals surface area contributed by atoms with E-state index in [1.165, 1.54) is 10.4 Å². The Labute approximate surface area is 132 Å². The Balaban J connectivity index is 1.77. The molecule has 1 aliphatic rings. The predicted octanol–water partition coefficient (Wildman–Crippen LogP) is 2.80. The lowest BCUT2D eigenvalue weighted by atomic mass is 10.2. The van der Waals surface area contributed by atoms with Crippen LogP contribution in [0.25, 0.3) is 15.9 Å². The second kappa shape index (κ2) is 5.48. The van der Waals surface area contributed by atoms with Gasteiger partial charge in [-0.2, -0.15) is 9.61 Å². The van der Waals surface area contributed by atoms with Crippen LogP contribution in [0.2, 0.25) is 0 Å². The molecule has 3 aromatic heterocycles. The van der Waals surface area contributed by atoms with Gasteiger partial charge in [-0.3, -0.25) is 0 Å². The molecular formula is C15H19N5OS. The first-order valence-electron chi connectivity index (χ1n) is 7.75. The minimum atomic E-state index is 0.271. The number of fused-ring (bicyclic) bond motifs is 3. The molecule has 1 aliphatic heterocycles. The van der Waals surface area contributed by atoms with Crippen molar-refractivity contribution in [2.45, 2.75) is 39.2 Å². The fraction of sp³-hybridized carbons (Fsp3) is 0.533. The Hall–Kier alpha value is -1.73. The molecule has 0 radical (unpaired) electrons. The third-order valence-corrected chi connectivity index (χ3v) is 5.57. The van der Waals surface area contributed by atoms with Gasteiger partial charge in [-0.15, -0.1) is 11.3 Å². The normalized spacial score (nSPS) is 18.5. The SMILES string of the molecule is CCc1sc2nc(NCC3CCCO3)n3ncnc3c2c1C. The maximum Gasteiger partial charge on any atom is 0.227 e. The maximum atomic E-state index is 5.66. The molecule has 22 heavy (non-hydrogen) atoms. The van der Waals surface area contributed by atoms with E-state index < -0.39 is 0 Å². The molecule has 0 saturated carbocycles. The van der Waals surface area contributed by atoms with Crippen molar-refractivity contribution in [1.82, 2.24) is 19.6 Å². The zero-order valence-electron chi connectivity index (χ0n) is 12.8. The monoisotopic (exact) mass is 317 g/mol. The minimum Gasteiger partial charge on any atom is -0.376 e. The highest BCUT2D eigenvalue weighted by Crippen LogP contribution is 2.33. The van der Waals surface area contributed by atoms with Crippen LogP contribution in [0, 0.1) is 6.92 Å². The zero-order chi connectivity index (χ0) is 15.1. The average molecular weight is 317 g/mol. The standard InChI is InChI=1S/C15H19N5OS/c1-3-11-9(2)12-13-17-8-18-20(13)15(19-14(12)22-11)16-7-10-5-4-6-21-10/h8,10H,3-7H2,1-2H3,(H,16,19). The topological polar surface area (TPSA) is 64.3 Å². The van der Waals surface area contributed by atoms with Crippen LogP contribution in [-0.4, -0.2) is 38.8 Å². The fourth-order valence-corrected chi connectivity index (χ4v) is 4.17. The second-order valence-electron chi connectivity index (χ2n) is 5.63. The number of aryl methyl sites for hydroxylation is 2. The zero-order valence-corrected chi connectivity index (χ0v) is 13.6. The Kier molecular flexibility index (Phi) is 3.46. The molecule has 0 amide bonds. The number of anilines is 1. The molecule has 4 rings (SSSR count). The largest absolute Gasteiger partial charge is 0.376 e. The third-order valence-electron chi connectivity index (χ3n) is 4.24. The lowest BCUT2D eigenvalue weighted by Gasteiger charge is -2.12. The first-order chi connectivity index (χ1) is 10.8. The van der Waals surface area contributed by atoms with Crippen LogP contribution >= 0.6 is 11.3 Å². The van der Waals surface area contributed by atoms with Crippen LogP contribution in [0.5, 0.6) is 0 Å². The van der Waals surface area contributed by atoms with Crippen LogP contribution in [-0.2, 0) is 11.2 Å². The van der Waals surface area contributed by atoms with Crippen LogP contribution in [0.3, 0.4) is 0 Å². The van der Waals surface area contributed by atoms with Gasteiger partial charge in [-0.25, -0.2) is 9.97 Å².